The average molecular weight is 645 g/mol. The molecule has 4 saturated carbocycles. The summed E-state index contributed by atoms with van der Waals surface area (Å²) in [5.41, 5.74) is 0.824. The van der Waals surface area contributed by atoms with Crippen LogP contribution in [-0.4, -0.2) is 21.2 Å². The lowest BCUT2D eigenvalue weighted by atomic mass is 9.44. The van der Waals surface area contributed by atoms with E-state index in [1.807, 2.05) is 0 Å². The lowest BCUT2D eigenvalue weighted by Gasteiger charge is -2.65. The van der Waals surface area contributed by atoms with Gasteiger partial charge in [0.05, 0.1) is 0 Å². The summed E-state index contributed by atoms with van der Waals surface area (Å²) >= 11 is 8.61. The van der Waals surface area contributed by atoms with Crippen LogP contribution in [0.15, 0.2) is 0 Å². The molecule has 0 radical (unpaired) electrons. The van der Waals surface area contributed by atoms with Gasteiger partial charge in [0.2, 0.25) is 0 Å². The first kappa shape index (κ1) is 30.4. The van der Waals surface area contributed by atoms with Crippen molar-refractivity contribution in [1.29, 1.82) is 0 Å². The van der Waals surface area contributed by atoms with E-state index in [-0.39, 0.29) is 21.8 Å². The number of esters is 1. The molecule has 0 heterocycles. The van der Waals surface area contributed by atoms with Gasteiger partial charge in [-0.15, -0.1) is 0 Å². The zero-order valence-electron chi connectivity index (χ0n) is 24.6. The van der Waals surface area contributed by atoms with Crippen molar-refractivity contribution in [1.82, 2.24) is 0 Å². The quantitative estimate of drug-likeness (QED) is 0.127. The Bertz CT molecular complexity index is 771. The number of hydrogen-bond acceptors (Lipinski definition) is 2. The Morgan fingerprint density at radius 1 is 0.973 bits per heavy atom. The van der Waals surface area contributed by atoms with E-state index in [2.05, 4.69) is 66.5 Å². The number of ether oxygens (including phenoxy) is 1. The third-order valence-corrected chi connectivity index (χ3v) is 15.9. The van der Waals surface area contributed by atoms with Gasteiger partial charge in [-0.3, -0.25) is 4.79 Å². The summed E-state index contributed by atoms with van der Waals surface area (Å²) < 4.78 is 6.10. The summed E-state index contributed by atoms with van der Waals surface area (Å²) in [4.78, 5) is 13.1. The first-order valence-corrected chi connectivity index (χ1v) is 17.8. The molecule has 4 heteroatoms. The van der Waals surface area contributed by atoms with Gasteiger partial charge < -0.3 is 4.74 Å². The van der Waals surface area contributed by atoms with Crippen LogP contribution in [0.4, 0.5) is 0 Å². The van der Waals surface area contributed by atoms with E-state index >= 15 is 0 Å². The number of hydrogen-bond donors (Lipinski definition) is 0. The Kier molecular flexibility index (Phi) is 10.3. The number of unbranched alkanes of at least 4 members (excludes halogenated alkanes) is 5. The first-order chi connectivity index (χ1) is 17.6. The molecule has 0 aromatic carbocycles. The maximum atomic E-state index is 12.6. The molecule has 4 aliphatic carbocycles. The lowest BCUT2D eigenvalue weighted by molar-refractivity contribution is -0.158. The van der Waals surface area contributed by atoms with Gasteiger partial charge in [-0.05, 0) is 91.8 Å². The van der Waals surface area contributed by atoms with E-state index < -0.39 is 0 Å². The molecule has 37 heavy (non-hydrogen) atoms. The summed E-state index contributed by atoms with van der Waals surface area (Å²) in [7, 11) is 0. The van der Waals surface area contributed by atoms with Crippen LogP contribution in [0.1, 0.15) is 144 Å². The monoisotopic (exact) mass is 642 g/mol. The van der Waals surface area contributed by atoms with E-state index in [9.17, 15) is 4.79 Å². The van der Waals surface area contributed by atoms with E-state index in [0.717, 1.165) is 42.9 Å². The largest absolute Gasteiger partial charge is 0.462 e. The number of carbonyl (C=O) groups excluding carboxylic acids is 1. The van der Waals surface area contributed by atoms with Gasteiger partial charge >= 0.3 is 5.97 Å². The summed E-state index contributed by atoms with van der Waals surface area (Å²) in [6.07, 6.45) is 21.8. The van der Waals surface area contributed by atoms with Crippen LogP contribution < -0.4 is 0 Å². The van der Waals surface area contributed by atoms with Crippen LogP contribution >= 0.6 is 31.9 Å². The SMILES string of the molecule is CCCCCCCC[C@H]1CC[C@H]2[C@@H]3C[C@@H](Br)[C@]4(Br)C[C@@H](OC(=O)C[C@H](C)CC)CC[C@]4(C)[C@H]3CC[C@]12C. The second-order valence-electron chi connectivity index (χ2n) is 14.3. The third kappa shape index (κ3) is 5.92. The van der Waals surface area contributed by atoms with Crippen molar-refractivity contribution in [3.05, 3.63) is 0 Å². The van der Waals surface area contributed by atoms with Crippen LogP contribution in [0.3, 0.4) is 0 Å². The standard InChI is InChI=1S/C33H56Br2O2/c1-6-8-9-10-11-12-13-24-14-15-27-26-21-29(34)33(35)22-25(37-30(36)20-23(3)7-2)16-19-32(33,5)28(26)17-18-31(24,27)4/h23-29H,6-22H2,1-5H3/t23-,24+,25+,26+,27+,28+,29-,31-,32-,33-/m1/s1. The van der Waals surface area contributed by atoms with Gasteiger partial charge in [-0.2, -0.15) is 0 Å². The molecule has 10 atom stereocenters. The fourth-order valence-electron chi connectivity index (χ4n) is 9.66. The summed E-state index contributed by atoms with van der Waals surface area (Å²) in [5, 5.41) is 0. The summed E-state index contributed by atoms with van der Waals surface area (Å²) in [6.45, 7) is 11.9. The fourth-order valence-corrected chi connectivity index (χ4v) is 11.8. The second-order valence-corrected chi connectivity index (χ2v) is 16.8. The molecule has 214 valence electrons. The van der Waals surface area contributed by atoms with Crippen molar-refractivity contribution in [2.45, 2.75) is 159 Å². The van der Waals surface area contributed by atoms with Crippen LogP contribution in [0.2, 0.25) is 0 Å². The second kappa shape index (κ2) is 12.5. The minimum absolute atomic E-state index is 0.00894. The fraction of sp³-hybridized carbons (Fsp3) is 0.970. The van der Waals surface area contributed by atoms with Gasteiger partial charge in [-0.25, -0.2) is 0 Å². The number of fused-ring (bicyclic) bond motifs is 5. The predicted molar refractivity (Wildman–Crippen MR) is 163 cm³/mol. The third-order valence-electron chi connectivity index (χ3n) is 12.3. The van der Waals surface area contributed by atoms with Crippen molar-refractivity contribution in [2.24, 2.45) is 40.4 Å². The maximum absolute atomic E-state index is 12.6. The zero-order valence-corrected chi connectivity index (χ0v) is 27.8. The smallest absolute Gasteiger partial charge is 0.306 e. The topological polar surface area (TPSA) is 26.3 Å². The van der Waals surface area contributed by atoms with E-state index in [1.165, 1.54) is 83.5 Å². The summed E-state index contributed by atoms with van der Waals surface area (Å²) in [5.74, 6) is 3.90. The Hall–Kier alpha value is 0.430. The van der Waals surface area contributed by atoms with Crippen LogP contribution in [0.25, 0.3) is 0 Å². The highest BCUT2D eigenvalue weighted by molar-refractivity contribution is 9.12. The molecule has 4 rings (SSSR count). The Labute approximate surface area is 245 Å². The summed E-state index contributed by atoms with van der Waals surface area (Å²) in [6, 6.07) is 0. The number of rotatable bonds is 11. The van der Waals surface area contributed by atoms with Gasteiger partial charge in [-0.1, -0.05) is 111 Å². The number of carbonyl (C=O) groups is 1. The molecule has 4 aliphatic rings. The van der Waals surface area contributed by atoms with Gasteiger partial charge in [0.25, 0.3) is 0 Å². The van der Waals surface area contributed by atoms with Crippen molar-refractivity contribution in [3.8, 4) is 0 Å². The molecule has 0 N–H and O–H groups in total. The molecular formula is C33H56Br2O2. The zero-order chi connectivity index (χ0) is 26.8. The van der Waals surface area contributed by atoms with Gasteiger partial charge in [0.15, 0.2) is 0 Å². The first-order valence-electron chi connectivity index (χ1n) is 16.1. The molecule has 0 amide bonds. The number of halogens is 2. The van der Waals surface area contributed by atoms with E-state index in [4.69, 9.17) is 4.74 Å². The van der Waals surface area contributed by atoms with Crippen molar-refractivity contribution < 1.29 is 9.53 Å². The van der Waals surface area contributed by atoms with E-state index in [0.29, 0.717) is 22.6 Å². The van der Waals surface area contributed by atoms with E-state index in [1.54, 1.807) is 0 Å². The molecule has 0 bridgehead atoms. The van der Waals surface area contributed by atoms with Crippen LogP contribution in [0.5, 0.6) is 0 Å². The van der Waals surface area contributed by atoms with Crippen LogP contribution in [0, 0.1) is 40.4 Å². The Morgan fingerprint density at radius 3 is 2.43 bits per heavy atom. The maximum Gasteiger partial charge on any atom is 0.306 e. The normalized spacial score (nSPS) is 44.0. The molecule has 2 nitrogen and oxygen atoms in total. The van der Waals surface area contributed by atoms with Crippen LogP contribution in [-0.2, 0) is 9.53 Å². The lowest BCUT2D eigenvalue weighted by Crippen LogP contribution is -2.64. The Balaban J connectivity index is 1.40. The predicted octanol–water partition coefficient (Wildman–Crippen LogP) is 10.6. The highest BCUT2D eigenvalue weighted by Gasteiger charge is 2.66. The highest BCUT2D eigenvalue weighted by Crippen LogP contribution is 2.71. The van der Waals surface area contributed by atoms with Crippen molar-refractivity contribution in [3.63, 3.8) is 0 Å². The number of alkyl halides is 2. The molecule has 0 aromatic rings. The van der Waals surface area contributed by atoms with Gasteiger partial charge in [0.1, 0.15) is 6.10 Å². The molecular weight excluding hydrogens is 588 g/mol. The Morgan fingerprint density at radius 2 is 1.70 bits per heavy atom. The molecule has 0 unspecified atom stereocenters. The molecule has 4 fully saturated rings. The minimum atomic E-state index is 0.00894. The minimum Gasteiger partial charge on any atom is -0.462 e. The molecule has 0 saturated heterocycles. The van der Waals surface area contributed by atoms with Gasteiger partial charge in [0, 0.05) is 22.0 Å². The highest BCUT2D eigenvalue weighted by atomic mass is 79.9. The molecule has 0 aromatic heterocycles. The molecule has 0 aliphatic heterocycles. The van der Waals surface area contributed by atoms with Crippen molar-refractivity contribution in [2.75, 3.05) is 0 Å². The van der Waals surface area contributed by atoms with Crippen molar-refractivity contribution >= 4 is 37.8 Å². The average Bonchev–Trinajstić information content (AvgIpc) is 3.19. The molecule has 0 spiro atoms.